The molecule has 1 heterocycles. The quantitative estimate of drug-likeness (QED) is 0.654. The van der Waals surface area contributed by atoms with Gasteiger partial charge in [-0.2, -0.15) is 0 Å². The van der Waals surface area contributed by atoms with E-state index in [1.165, 1.54) is 6.07 Å². The van der Waals surface area contributed by atoms with Gasteiger partial charge in [0.05, 0.1) is 4.92 Å². The molecule has 1 aromatic carbocycles. The highest BCUT2D eigenvalue weighted by molar-refractivity contribution is 5.95. The van der Waals surface area contributed by atoms with Crippen LogP contribution in [0.4, 0.5) is 5.69 Å². The van der Waals surface area contributed by atoms with E-state index >= 15 is 0 Å². The number of nitrogens with zero attached hydrogens (tertiary/aromatic N) is 1. The lowest BCUT2D eigenvalue weighted by Crippen LogP contribution is -2.45. The third-order valence-corrected chi connectivity index (χ3v) is 3.90. The first-order chi connectivity index (χ1) is 10.3. The standard InChI is InChI=1S/C16H23N3O3.ClH/c1-16(2,3)13-7-6-11(9-14(13)19(21)22)15(20)18-12-5-4-8-17-10-12;/h6-7,9,12,17H,4-5,8,10H2,1-3H3,(H,18,20);1H. The molecule has 0 spiro atoms. The molecule has 7 heteroatoms. The van der Waals surface area contributed by atoms with E-state index in [9.17, 15) is 14.9 Å². The summed E-state index contributed by atoms with van der Waals surface area (Å²) in [6.45, 7) is 7.47. The topological polar surface area (TPSA) is 84.3 Å². The van der Waals surface area contributed by atoms with Crippen LogP contribution in [0, 0.1) is 10.1 Å². The molecule has 23 heavy (non-hydrogen) atoms. The number of nitrogens with one attached hydrogen (secondary N) is 2. The molecule has 1 unspecified atom stereocenters. The number of halogens is 1. The molecule has 1 aliphatic heterocycles. The fourth-order valence-electron chi connectivity index (χ4n) is 2.70. The van der Waals surface area contributed by atoms with E-state index in [2.05, 4.69) is 10.6 Å². The SMILES string of the molecule is CC(C)(C)c1ccc(C(=O)NC2CCCNC2)cc1[N+](=O)[O-].Cl. The van der Waals surface area contributed by atoms with Crippen LogP contribution in [0.2, 0.25) is 0 Å². The molecule has 0 saturated carbocycles. The van der Waals surface area contributed by atoms with E-state index in [0.717, 1.165) is 25.9 Å². The van der Waals surface area contributed by atoms with E-state index in [4.69, 9.17) is 0 Å². The van der Waals surface area contributed by atoms with Crippen LogP contribution in [-0.4, -0.2) is 30.0 Å². The Morgan fingerprint density at radius 1 is 1.39 bits per heavy atom. The van der Waals surface area contributed by atoms with Crippen molar-refractivity contribution < 1.29 is 9.72 Å². The molecular formula is C16H24ClN3O3. The summed E-state index contributed by atoms with van der Waals surface area (Å²) >= 11 is 0. The second kappa shape index (κ2) is 7.75. The van der Waals surface area contributed by atoms with Gasteiger partial charge in [0.2, 0.25) is 0 Å². The zero-order chi connectivity index (χ0) is 16.3. The molecular weight excluding hydrogens is 318 g/mol. The van der Waals surface area contributed by atoms with Crippen molar-refractivity contribution in [2.24, 2.45) is 0 Å². The first-order valence-corrected chi connectivity index (χ1v) is 7.59. The normalized spacial score (nSPS) is 18.0. The second-order valence-electron chi connectivity index (χ2n) is 6.76. The molecule has 1 atom stereocenters. The number of hydrogen-bond donors (Lipinski definition) is 2. The smallest absolute Gasteiger partial charge is 0.273 e. The van der Waals surface area contributed by atoms with Crippen molar-refractivity contribution in [3.8, 4) is 0 Å². The molecule has 0 bridgehead atoms. The van der Waals surface area contributed by atoms with Crippen LogP contribution in [0.3, 0.4) is 0 Å². The van der Waals surface area contributed by atoms with Crippen molar-refractivity contribution >= 4 is 24.0 Å². The maximum absolute atomic E-state index is 12.3. The predicted molar refractivity (Wildman–Crippen MR) is 92.4 cm³/mol. The molecule has 6 nitrogen and oxygen atoms in total. The summed E-state index contributed by atoms with van der Waals surface area (Å²) in [6.07, 6.45) is 1.95. The number of carbonyl (C=O) groups excluding carboxylic acids is 1. The summed E-state index contributed by atoms with van der Waals surface area (Å²) in [5, 5.41) is 17.5. The minimum atomic E-state index is -0.417. The summed E-state index contributed by atoms with van der Waals surface area (Å²) in [5.74, 6) is -0.253. The highest BCUT2D eigenvalue weighted by Crippen LogP contribution is 2.31. The fourth-order valence-corrected chi connectivity index (χ4v) is 2.70. The van der Waals surface area contributed by atoms with Crippen molar-refractivity contribution in [2.75, 3.05) is 13.1 Å². The van der Waals surface area contributed by atoms with Crippen LogP contribution in [-0.2, 0) is 5.41 Å². The fraction of sp³-hybridized carbons (Fsp3) is 0.562. The number of amides is 1. The van der Waals surface area contributed by atoms with Crippen LogP contribution in [0.25, 0.3) is 0 Å². The molecule has 0 aromatic heterocycles. The first kappa shape index (κ1) is 19.4. The highest BCUT2D eigenvalue weighted by Gasteiger charge is 2.26. The Labute approximate surface area is 142 Å². The van der Waals surface area contributed by atoms with E-state index in [1.54, 1.807) is 12.1 Å². The highest BCUT2D eigenvalue weighted by atomic mass is 35.5. The lowest BCUT2D eigenvalue weighted by Gasteiger charge is -2.24. The summed E-state index contributed by atoms with van der Waals surface area (Å²) in [4.78, 5) is 23.2. The third kappa shape index (κ3) is 4.91. The summed E-state index contributed by atoms with van der Waals surface area (Å²) in [7, 11) is 0. The zero-order valence-electron chi connectivity index (χ0n) is 13.7. The van der Waals surface area contributed by atoms with Gasteiger partial charge in [0, 0.05) is 29.8 Å². The Bertz CT molecular complexity index is 578. The average molecular weight is 342 g/mol. The molecule has 1 saturated heterocycles. The second-order valence-corrected chi connectivity index (χ2v) is 6.76. The van der Waals surface area contributed by atoms with Crippen LogP contribution in [0.15, 0.2) is 18.2 Å². The molecule has 2 rings (SSSR count). The molecule has 2 N–H and O–H groups in total. The van der Waals surface area contributed by atoms with Gasteiger partial charge in [0.1, 0.15) is 0 Å². The summed E-state index contributed by atoms with van der Waals surface area (Å²) in [6, 6.07) is 4.82. The van der Waals surface area contributed by atoms with E-state index in [0.29, 0.717) is 11.1 Å². The van der Waals surface area contributed by atoms with Gasteiger partial charge in [-0.15, -0.1) is 12.4 Å². The van der Waals surface area contributed by atoms with Crippen LogP contribution >= 0.6 is 12.4 Å². The Hall–Kier alpha value is -1.66. The molecule has 1 aromatic rings. The Morgan fingerprint density at radius 3 is 2.61 bits per heavy atom. The Kier molecular flexibility index (Phi) is 6.53. The largest absolute Gasteiger partial charge is 0.348 e. The lowest BCUT2D eigenvalue weighted by atomic mass is 9.85. The van der Waals surface area contributed by atoms with Gasteiger partial charge in [-0.05, 0) is 30.9 Å². The summed E-state index contributed by atoms with van der Waals surface area (Å²) < 4.78 is 0. The van der Waals surface area contributed by atoms with E-state index in [1.807, 2.05) is 20.8 Å². The minimum Gasteiger partial charge on any atom is -0.348 e. The van der Waals surface area contributed by atoms with Crippen molar-refractivity contribution in [2.45, 2.75) is 45.1 Å². The number of rotatable bonds is 3. The Morgan fingerprint density at radius 2 is 2.09 bits per heavy atom. The maximum atomic E-state index is 12.3. The molecule has 0 aliphatic carbocycles. The molecule has 128 valence electrons. The van der Waals surface area contributed by atoms with Crippen molar-refractivity contribution in [3.05, 3.63) is 39.4 Å². The maximum Gasteiger partial charge on any atom is 0.273 e. The lowest BCUT2D eigenvalue weighted by molar-refractivity contribution is -0.386. The van der Waals surface area contributed by atoms with Gasteiger partial charge in [-0.25, -0.2) is 0 Å². The van der Waals surface area contributed by atoms with Crippen LogP contribution < -0.4 is 10.6 Å². The van der Waals surface area contributed by atoms with Crippen molar-refractivity contribution in [1.82, 2.24) is 10.6 Å². The average Bonchev–Trinajstić information content (AvgIpc) is 2.46. The van der Waals surface area contributed by atoms with Crippen molar-refractivity contribution in [3.63, 3.8) is 0 Å². The zero-order valence-corrected chi connectivity index (χ0v) is 14.5. The number of hydrogen-bond acceptors (Lipinski definition) is 4. The minimum absolute atomic E-state index is 0. The van der Waals surface area contributed by atoms with Gasteiger partial charge in [0.15, 0.2) is 0 Å². The number of benzene rings is 1. The number of carbonyl (C=O) groups is 1. The first-order valence-electron chi connectivity index (χ1n) is 7.59. The summed E-state index contributed by atoms with van der Waals surface area (Å²) in [5.41, 5.74) is 0.630. The van der Waals surface area contributed by atoms with Crippen molar-refractivity contribution in [1.29, 1.82) is 0 Å². The number of nitro groups is 1. The molecule has 1 fully saturated rings. The third-order valence-electron chi connectivity index (χ3n) is 3.90. The molecule has 0 radical (unpaired) electrons. The molecule has 1 aliphatic rings. The van der Waals surface area contributed by atoms with Gasteiger partial charge >= 0.3 is 0 Å². The van der Waals surface area contributed by atoms with Crippen LogP contribution in [0.5, 0.6) is 0 Å². The monoisotopic (exact) mass is 341 g/mol. The Balaban J connectivity index is 0.00000264. The van der Waals surface area contributed by atoms with Gasteiger partial charge in [0.25, 0.3) is 11.6 Å². The van der Waals surface area contributed by atoms with E-state index in [-0.39, 0.29) is 35.5 Å². The number of nitro benzene ring substituents is 1. The van der Waals surface area contributed by atoms with Gasteiger partial charge < -0.3 is 10.6 Å². The van der Waals surface area contributed by atoms with Gasteiger partial charge in [-0.1, -0.05) is 26.8 Å². The predicted octanol–water partition coefficient (Wildman–Crippen LogP) is 2.80. The van der Waals surface area contributed by atoms with Gasteiger partial charge in [-0.3, -0.25) is 14.9 Å². The molecule has 1 amide bonds. The van der Waals surface area contributed by atoms with E-state index < -0.39 is 4.92 Å². The van der Waals surface area contributed by atoms with Crippen LogP contribution in [0.1, 0.15) is 49.5 Å². The number of piperidine rings is 1.